The molecule has 0 N–H and O–H groups in total. The third-order valence-electron chi connectivity index (χ3n) is 2.98. The zero-order valence-corrected chi connectivity index (χ0v) is 14.4. The molecule has 116 valence electrons. The van der Waals surface area contributed by atoms with E-state index in [4.69, 9.17) is 0 Å². The van der Waals surface area contributed by atoms with E-state index in [2.05, 4.69) is 25.9 Å². The lowest BCUT2D eigenvalue weighted by Gasteiger charge is -2.03. The van der Waals surface area contributed by atoms with Gasteiger partial charge in [-0.05, 0) is 46.3 Å². The fraction of sp³-hybridized carbons (Fsp3) is 0. The van der Waals surface area contributed by atoms with Crippen molar-refractivity contribution in [2.75, 3.05) is 0 Å². The van der Waals surface area contributed by atoms with Crippen LogP contribution in [0.4, 0.5) is 4.39 Å². The second-order valence-electron chi connectivity index (χ2n) is 4.44. The number of hydrogen-bond donors (Lipinski definition) is 0. The Hall–Kier alpha value is -2.02. The number of pyridine rings is 1. The number of benzene rings is 1. The van der Waals surface area contributed by atoms with Gasteiger partial charge in [-0.2, -0.15) is 0 Å². The first-order valence-corrected chi connectivity index (χ1v) is 9.20. The summed E-state index contributed by atoms with van der Waals surface area (Å²) in [5.74, 6) is -0.799. The van der Waals surface area contributed by atoms with Gasteiger partial charge in [-0.1, -0.05) is 0 Å². The summed E-state index contributed by atoms with van der Waals surface area (Å²) in [4.78, 5) is 4.38. The maximum absolute atomic E-state index is 13.6. The topological polar surface area (TPSA) is 74.5 Å². The van der Waals surface area contributed by atoms with Crippen molar-refractivity contribution < 1.29 is 12.8 Å². The summed E-state index contributed by atoms with van der Waals surface area (Å²) in [5.41, 5.74) is -0.0473. The molecule has 5 nitrogen and oxygen atoms in total. The largest absolute Gasteiger partial charge is 0.498 e. The fourth-order valence-electron chi connectivity index (χ4n) is 2.00. The molecule has 2 aromatic heterocycles. The van der Waals surface area contributed by atoms with E-state index in [9.17, 15) is 18.0 Å². The molecule has 0 unspecified atom stereocenters. The third-order valence-corrected chi connectivity index (χ3v) is 7.69. The lowest BCUT2D eigenvalue weighted by atomic mass is 10.2. The van der Waals surface area contributed by atoms with E-state index < -0.39 is 15.7 Å². The number of rotatable bonds is 2. The predicted octanol–water partition coefficient (Wildman–Crippen LogP) is 4.21. The Morgan fingerprint density at radius 3 is 2.83 bits per heavy atom. The molecule has 23 heavy (non-hydrogen) atoms. The Morgan fingerprint density at radius 2 is 2.13 bits per heavy atom. The first kappa shape index (κ1) is 15.9. The predicted molar refractivity (Wildman–Crippen MR) is 88.9 cm³/mol. The summed E-state index contributed by atoms with van der Waals surface area (Å²) in [6, 6.07) is 8.42. The normalized spacial score (nSPS) is 11.2. The van der Waals surface area contributed by atoms with Gasteiger partial charge in [0.15, 0.2) is 0 Å². The standard InChI is InChI=1S/C14H6BrFN2O3S2/c15-12-11-2-1-3-17-13(11)22-14(12)23(20,21)10-5-8(7-18-19)4-9(16)6-10/h1-6H. The van der Waals surface area contributed by atoms with Gasteiger partial charge >= 0.3 is 6.07 Å². The van der Waals surface area contributed by atoms with Gasteiger partial charge in [0.05, 0.1) is 9.37 Å². The Labute approximate surface area is 142 Å². The fourth-order valence-corrected chi connectivity index (χ4v) is 6.17. The van der Waals surface area contributed by atoms with Crippen LogP contribution in [0.3, 0.4) is 0 Å². The Kier molecular flexibility index (Phi) is 4.06. The zero-order chi connectivity index (χ0) is 16.6. The van der Waals surface area contributed by atoms with Gasteiger partial charge in [0.1, 0.15) is 20.4 Å². The number of fused-ring (bicyclic) bond motifs is 1. The molecule has 3 aromatic rings. The van der Waals surface area contributed by atoms with E-state index in [1.165, 1.54) is 0 Å². The number of nitrogens with zero attached hydrogens (tertiary/aromatic N) is 2. The lowest BCUT2D eigenvalue weighted by molar-refractivity contribution is 0.592. The van der Waals surface area contributed by atoms with Crippen LogP contribution in [0.25, 0.3) is 15.2 Å². The summed E-state index contributed by atoms with van der Waals surface area (Å²) in [5, 5.41) is 13.3. The molecule has 0 bridgehead atoms. The number of sulfone groups is 1. The third kappa shape index (κ3) is 2.81. The molecule has 0 saturated heterocycles. The van der Waals surface area contributed by atoms with Gasteiger partial charge < -0.3 is 5.21 Å². The Morgan fingerprint density at radius 1 is 1.35 bits per heavy atom. The molecular formula is C14H6BrFN2O3S2. The van der Waals surface area contributed by atoms with Crippen molar-refractivity contribution in [3.8, 4) is 6.07 Å². The molecule has 1 aromatic carbocycles. The van der Waals surface area contributed by atoms with Gasteiger partial charge in [-0.3, -0.25) is 0 Å². The number of halogens is 2. The minimum absolute atomic E-state index is 0.0156. The SMILES string of the molecule is O=S(=O)(c1cc(F)cc(C#[N+][O-])c1)c1sc2ncccc2c1Br. The Balaban J connectivity index is 2.25. The van der Waals surface area contributed by atoms with Gasteiger partial charge in [0.25, 0.3) is 0 Å². The van der Waals surface area contributed by atoms with Crippen LogP contribution >= 0.6 is 27.3 Å². The first-order valence-electron chi connectivity index (χ1n) is 6.10. The van der Waals surface area contributed by atoms with E-state index in [0.717, 1.165) is 29.5 Å². The van der Waals surface area contributed by atoms with Crippen molar-refractivity contribution in [2.45, 2.75) is 9.10 Å². The second kappa shape index (κ2) is 5.88. The molecule has 0 spiro atoms. The summed E-state index contributed by atoms with van der Waals surface area (Å²) in [7, 11) is -3.99. The average Bonchev–Trinajstić information content (AvgIpc) is 2.85. The average molecular weight is 413 g/mol. The minimum atomic E-state index is -3.99. The van der Waals surface area contributed by atoms with Crippen molar-refractivity contribution in [1.29, 1.82) is 0 Å². The van der Waals surface area contributed by atoms with Crippen molar-refractivity contribution in [2.24, 2.45) is 0 Å². The van der Waals surface area contributed by atoms with Crippen LogP contribution in [0.2, 0.25) is 0 Å². The van der Waals surface area contributed by atoms with Crippen LogP contribution in [0, 0.1) is 17.1 Å². The molecule has 9 heteroatoms. The molecule has 0 radical (unpaired) electrons. The van der Waals surface area contributed by atoms with E-state index >= 15 is 0 Å². The minimum Gasteiger partial charge on any atom is -0.498 e. The van der Waals surface area contributed by atoms with Crippen molar-refractivity contribution in [1.82, 2.24) is 4.98 Å². The molecular weight excluding hydrogens is 407 g/mol. The highest BCUT2D eigenvalue weighted by atomic mass is 79.9. The molecule has 0 aliphatic carbocycles. The van der Waals surface area contributed by atoms with Crippen LogP contribution in [0.5, 0.6) is 0 Å². The van der Waals surface area contributed by atoms with Gasteiger partial charge in [-0.25, -0.2) is 17.8 Å². The quantitative estimate of drug-likeness (QED) is 0.590. The number of thiophene rings is 1. The highest BCUT2D eigenvalue weighted by Crippen LogP contribution is 2.40. The molecule has 0 fully saturated rings. The van der Waals surface area contributed by atoms with Crippen LogP contribution < -0.4 is 0 Å². The van der Waals surface area contributed by atoms with Gasteiger partial charge in [0, 0.05) is 16.6 Å². The number of aromatic nitrogens is 1. The molecule has 0 aliphatic rings. The highest BCUT2D eigenvalue weighted by Gasteiger charge is 2.26. The van der Waals surface area contributed by atoms with Gasteiger partial charge in [-0.15, -0.1) is 11.3 Å². The molecule has 0 amide bonds. The lowest BCUT2D eigenvalue weighted by Crippen LogP contribution is -2.01. The second-order valence-corrected chi connectivity index (χ2v) is 8.38. The number of hydrogen-bond acceptors (Lipinski definition) is 5. The van der Waals surface area contributed by atoms with Crippen LogP contribution in [-0.4, -0.2) is 13.4 Å². The van der Waals surface area contributed by atoms with E-state index in [1.54, 1.807) is 18.3 Å². The Bertz CT molecular complexity index is 1080. The molecule has 0 saturated carbocycles. The highest BCUT2D eigenvalue weighted by molar-refractivity contribution is 9.10. The maximum Gasteiger partial charge on any atom is 0.336 e. The van der Waals surface area contributed by atoms with Crippen LogP contribution in [-0.2, 0) is 9.84 Å². The summed E-state index contributed by atoms with van der Waals surface area (Å²) >= 11 is 4.24. The molecule has 0 atom stereocenters. The molecule has 3 rings (SSSR count). The van der Waals surface area contributed by atoms with E-state index in [-0.39, 0.29) is 14.7 Å². The van der Waals surface area contributed by atoms with Crippen molar-refractivity contribution in [3.63, 3.8) is 0 Å². The van der Waals surface area contributed by atoms with Crippen molar-refractivity contribution in [3.05, 3.63) is 62.6 Å². The van der Waals surface area contributed by atoms with E-state index in [1.807, 2.05) is 6.07 Å². The van der Waals surface area contributed by atoms with Crippen LogP contribution in [0.1, 0.15) is 5.56 Å². The first-order chi connectivity index (χ1) is 10.9. The molecule has 0 aliphatic heterocycles. The van der Waals surface area contributed by atoms with Crippen molar-refractivity contribution >= 4 is 47.3 Å². The van der Waals surface area contributed by atoms with Gasteiger partial charge in [0.2, 0.25) is 9.84 Å². The molecule has 2 heterocycles. The monoisotopic (exact) mass is 412 g/mol. The smallest absolute Gasteiger partial charge is 0.336 e. The zero-order valence-electron chi connectivity index (χ0n) is 11.2. The van der Waals surface area contributed by atoms with Crippen LogP contribution in [0.15, 0.2) is 50.1 Å². The van der Waals surface area contributed by atoms with E-state index in [0.29, 0.717) is 14.7 Å². The maximum atomic E-state index is 13.6. The summed E-state index contributed by atoms with van der Waals surface area (Å²) in [6.07, 6.45) is 1.56. The summed E-state index contributed by atoms with van der Waals surface area (Å²) in [6.45, 7) is 0. The summed E-state index contributed by atoms with van der Waals surface area (Å²) < 4.78 is 39.6.